The van der Waals surface area contributed by atoms with Crippen molar-refractivity contribution < 1.29 is 4.79 Å². The fourth-order valence-electron chi connectivity index (χ4n) is 1.25. The number of carbonyl (C=O) groups excluding carboxylic acids is 1. The molecule has 1 aliphatic heterocycles. The van der Waals surface area contributed by atoms with Gasteiger partial charge in [-0.3, -0.25) is 4.79 Å². The molecule has 0 aromatic carbocycles. The van der Waals surface area contributed by atoms with Gasteiger partial charge in [0.2, 0.25) is 5.91 Å². The molecule has 1 fully saturated rings. The van der Waals surface area contributed by atoms with E-state index in [0.717, 1.165) is 17.4 Å². The van der Waals surface area contributed by atoms with E-state index in [1.165, 1.54) is 0 Å². The first kappa shape index (κ1) is 9.74. The lowest BCUT2D eigenvalue weighted by Crippen LogP contribution is -2.37. The molecule has 3 nitrogen and oxygen atoms in total. The maximum Gasteiger partial charge on any atom is 0.239 e. The van der Waals surface area contributed by atoms with Crippen LogP contribution in [-0.2, 0) is 4.79 Å². The molecular formula is C8H13BrN2O. The molecule has 1 aliphatic rings. The Balaban J connectivity index is 2.34. The predicted octanol–water partition coefficient (Wildman–Crippen LogP) is 0.715. The van der Waals surface area contributed by atoms with Crippen LogP contribution in [0.5, 0.6) is 0 Å². The van der Waals surface area contributed by atoms with Crippen LogP contribution in [0.15, 0.2) is 11.1 Å². The Hall–Kier alpha value is -0.350. The molecule has 1 amide bonds. The zero-order valence-corrected chi connectivity index (χ0v) is 8.73. The summed E-state index contributed by atoms with van der Waals surface area (Å²) in [5.41, 5.74) is 0. The first-order valence-corrected chi connectivity index (χ1v) is 4.72. The third-order valence-corrected chi connectivity index (χ3v) is 2.25. The van der Waals surface area contributed by atoms with Gasteiger partial charge in [-0.25, -0.2) is 0 Å². The van der Waals surface area contributed by atoms with Gasteiger partial charge in [-0.2, -0.15) is 0 Å². The molecule has 1 unspecified atom stereocenters. The highest BCUT2D eigenvalue weighted by Crippen LogP contribution is 2.09. The predicted molar refractivity (Wildman–Crippen MR) is 52.1 cm³/mol. The summed E-state index contributed by atoms with van der Waals surface area (Å²) in [6.07, 6.45) is 0.898. The molecule has 0 aromatic heterocycles. The highest BCUT2D eigenvalue weighted by Gasteiger charge is 2.27. The quantitative estimate of drug-likeness (QED) is 0.778. The zero-order valence-electron chi connectivity index (χ0n) is 7.14. The highest BCUT2D eigenvalue weighted by atomic mass is 79.9. The van der Waals surface area contributed by atoms with E-state index in [9.17, 15) is 4.79 Å². The minimum atomic E-state index is -0.00991. The van der Waals surface area contributed by atoms with Crippen LogP contribution >= 0.6 is 15.9 Å². The van der Waals surface area contributed by atoms with E-state index in [0.29, 0.717) is 6.54 Å². The molecule has 0 aliphatic carbocycles. The standard InChI is InChI=1S/C8H13BrN2O/c1-6(9)5-10-7-3-4-11(2)8(7)12/h7,10H,1,3-5H2,2H3. The minimum absolute atomic E-state index is 0.00991. The van der Waals surface area contributed by atoms with E-state index in [-0.39, 0.29) is 11.9 Å². The number of rotatable bonds is 3. The molecule has 0 radical (unpaired) electrons. The maximum atomic E-state index is 11.3. The van der Waals surface area contributed by atoms with Gasteiger partial charge in [-0.1, -0.05) is 22.5 Å². The molecular weight excluding hydrogens is 220 g/mol. The van der Waals surface area contributed by atoms with Crippen LogP contribution in [-0.4, -0.2) is 37.0 Å². The van der Waals surface area contributed by atoms with Gasteiger partial charge in [-0.05, 0) is 6.42 Å². The van der Waals surface area contributed by atoms with Crippen molar-refractivity contribution >= 4 is 21.8 Å². The van der Waals surface area contributed by atoms with E-state index in [4.69, 9.17) is 0 Å². The molecule has 1 rings (SSSR count). The number of halogens is 1. The first-order valence-electron chi connectivity index (χ1n) is 3.93. The highest BCUT2D eigenvalue weighted by molar-refractivity contribution is 9.11. The van der Waals surface area contributed by atoms with E-state index >= 15 is 0 Å². The summed E-state index contributed by atoms with van der Waals surface area (Å²) in [4.78, 5) is 13.1. The summed E-state index contributed by atoms with van der Waals surface area (Å²) in [5, 5.41) is 3.12. The molecule has 1 saturated heterocycles. The summed E-state index contributed by atoms with van der Waals surface area (Å²) >= 11 is 3.23. The van der Waals surface area contributed by atoms with Crippen LogP contribution in [0.2, 0.25) is 0 Å². The molecule has 1 atom stereocenters. The Morgan fingerprint density at radius 1 is 1.92 bits per heavy atom. The molecule has 4 heteroatoms. The van der Waals surface area contributed by atoms with E-state index < -0.39 is 0 Å². The SMILES string of the molecule is C=C(Br)CNC1CCN(C)C1=O. The fourth-order valence-corrected chi connectivity index (χ4v) is 1.41. The smallest absolute Gasteiger partial charge is 0.239 e. The lowest BCUT2D eigenvalue weighted by molar-refractivity contribution is -0.128. The number of likely N-dealkylation sites (N-methyl/N-ethyl adjacent to an activating group) is 1. The van der Waals surface area contributed by atoms with Crippen molar-refractivity contribution in [2.45, 2.75) is 12.5 Å². The van der Waals surface area contributed by atoms with Crippen molar-refractivity contribution in [1.82, 2.24) is 10.2 Å². The number of nitrogens with zero attached hydrogens (tertiary/aromatic N) is 1. The molecule has 1 heterocycles. The molecule has 0 bridgehead atoms. The summed E-state index contributed by atoms with van der Waals surface area (Å²) < 4.78 is 0.879. The number of likely N-dealkylation sites (tertiary alicyclic amines) is 1. The van der Waals surface area contributed by atoms with E-state index in [1.807, 2.05) is 7.05 Å². The van der Waals surface area contributed by atoms with Gasteiger partial charge in [0.25, 0.3) is 0 Å². The second-order valence-electron chi connectivity index (χ2n) is 3.00. The second kappa shape index (κ2) is 4.05. The van der Waals surface area contributed by atoms with Crippen molar-refractivity contribution in [3.8, 4) is 0 Å². The monoisotopic (exact) mass is 232 g/mol. The third-order valence-electron chi connectivity index (χ3n) is 1.97. The van der Waals surface area contributed by atoms with E-state index in [1.54, 1.807) is 4.90 Å². The first-order chi connectivity index (χ1) is 5.61. The average Bonchev–Trinajstić information content (AvgIpc) is 2.30. The average molecular weight is 233 g/mol. The Labute approximate surface area is 80.9 Å². The van der Waals surface area contributed by atoms with Crippen LogP contribution in [0.3, 0.4) is 0 Å². The van der Waals surface area contributed by atoms with Gasteiger partial charge in [0.1, 0.15) is 0 Å². The number of carbonyl (C=O) groups is 1. The Morgan fingerprint density at radius 3 is 3.00 bits per heavy atom. The Bertz CT molecular complexity index is 205. The van der Waals surface area contributed by atoms with Gasteiger partial charge < -0.3 is 10.2 Å². The fraction of sp³-hybridized carbons (Fsp3) is 0.625. The Morgan fingerprint density at radius 2 is 2.58 bits per heavy atom. The van der Waals surface area contributed by atoms with Crippen molar-refractivity contribution in [2.75, 3.05) is 20.1 Å². The molecule has 0 saturated carbocycles. The second-order valence-corrected chi connectivity index (χ2v) is 4.12. The summed E-state index contributed by atoms with van der Waals surface area (Å²) in [6.45, 7) is 5.20. The lowest BCUT2D eigenvalue weighted by atomic mass is 10.2. The normalized spacial score (nSPS) is 23.3. The summed E-state index contributed by atoms with van der Waals surface area (Å²) in [6, 6.07) is -0.00991. The van der Waals surface area contributed by atoms with Crippen LogP contribution < -0.4 is 5.32 Å². The molecule has 68 valence electrons. The van der Waals surface area contributed by atoms with Crippen LogP contribution in [0.25, 0.3) is 0 Å². The van der Waals surface area contributed by atoms with E-state index in [2.05, 4.69) is 27.8 Å². The van der Waals surface area contributed by atoms with Crippen molar-refractivity contribution in [3.63, 3.8) is 0 Å². The molecule has 1 N–H and O–H groups in total. The lowest BCUT2D eigenvalue weighted by Gasteiger charge is -2.11. The number of hydrogen-bond donors (Lipinski definition) is 1. The number of hydrogen-bond acceptors (Lipinski definition) is 2. The third kappa shape index (κ3) is 2.32. The van der Waals surface area contributed by atoms with Gasteiger partial charge in [0.05, 0.1) is 6.04 Å². The topological polar surface area (TPSA) is 32.3 Å². The maximum absolute atomic E-state index is 11.3. The zero-order chi connectivity index (χ0) is 9.14. The van der Waals surface area contributed by atoms with Gasteiger partial charge in [0.15, 0.2) is 0 Å². The summed E-state index contributed by atoms with van der Waals surface area (Å²) in [7, 11) is 1.83. The largest absolute Gasteiger partial charge is 0.344 e. The molecule has 12 heavy (non-hydrogen) atoms. The number of amides is 1. The van der Waals surface area contributed by atoms with Crippen LogP contribution in [0, 0.1) is 0 Å². The minimum Gasteiger partial charge on any atom is -0.344 e. The van der Waals surface area contributed by atoms with Crippen molar-refractivity contribution in [2.24, 2.45) is 0 Å². The molecule has 0 spiro atoms. The summed E-state index contributed by atoms with van der Waals surface area (Å²) in [5.74, 6) is 0.184. The van der Waals surface area contributed by atoms with Crippen molar-refractivity contribution in [1.29, 1.82) is 0 Å². The Kier molecular flexibility index (Phi) is 3.29. The van der Waals surface area contributed by atoms with Gasteiger partial charge >= 0.3 is 0 Å². The van der Waals surface area contributed by atoms with Crippen LogP contribution in [0.1, 0.15) is 6.42 Å². The van der Waals surface area contributed by atoms with Gasteiger partial charge in [0, 0.05) is 24.6 Å². The van der Waals surface area contributed by atoms with Gasteiger partial charge in [-0.15, -0.1) is 0 Å². The van der Waals surface area contributed by atoms with Crippen LogP contribution in [0.4, 0.5) is 0 Å². The molecule has 0 aromatic rings. The number of nitrogens with one attached hydrogen (secondary N) is 1. The van der Waals surface area contributed by atoms with Crippen molar-refractivity contribution in [3.05, 3.63) is 11.1 Å².